The Labute approximate surface area is 473 Å². The van der Waals surface area contributed by atoms with E-state index in [9.17, 15) is 46.1 Å². The summed E-state index contributed by atoms with van der Waals surface area (Å²) in [6, 6.07) is 19.3. The van der Waals surface area contributed by atoms with Crippen molar-refractivity contribution in [1.82, 2.24) is 9.80 Å². The summed E-state index contributed by atoms with van der Waals surface area (Å²) in [7, 11) is 0. The second kappa shape index (κ2) is 20.0. The molecule has 0 spiro atoms. The van der Waals surface area contributed by atoms with Crippen LogP contribution in [-0.2, 0) is 9.59 Å². The van der Waals surface area contributed by atoms with Gasteiger partial charge in [-0.3, -0.25) is 29.0 Å². The van der Waals surface area contributed by atoms with Crippen LogP contribution in [0.2, 0.25) is 0 Å². The number of ether oxygens (including phenoxy) is 4. The molecule has 2 aliphatic rings. The van der Waals surface area contributed by atoms with Gasteiger partial charge in [0.1, 0.15) is 58.1 Å². The summed E-state index contributed by atoms with van der Waals surface area (Å²) < 4.78 is 114. The summed E-state index contributed by atoms with van der Waals surface area (Å²) in [4.78, 5) is 87.2. The Kier molecular flexibility index (Phi) is 13.4. The molecule has 2 N–H and O–H groups in total. The minimum Gasteiger partial charge on any atom is -0.480 e. The summed E-state index contributed by atoms with van der Waals surface area (Å²) in [5, 5.41) is 20.1. The highest BCUT2D eigenvalue weighted by atomic mass is 19.4. The van der Waals surface area contributed by atoms with Crippen molar-refractivity contribution in [1.29, 1.82) is 0 Å². The van der Waals surface area contributed by atoms with Gasteiger partial charge >= 0.3 is 24.3 Å². The van der Waals surface area contributed by atoms with Crippen LogP contribution in [0.3, 0.4) is 0 Å². The molecule has 4 amide bonds. The van der Waals surface area contributed by atoms with Gasteiger partial charge in [-0.1, -0.05) is 24.3 Å². The average Bonchev–Trinajstić information content (AvgIpc) is 0.692. The Morgan fingerprint density at radius 2 is 0.560 bits per heavy atom. The van der Waals surface area contributed by atoms with Crippen LogP contribution in [0.5, 0.6) is 46.0 Å². The topological polar surface area (TPSA) is 186 Å². The predicted octanol–water partition coefficient (Wildman–Crippen LogP) is 15.4. The maximum Gasteiger partial charge on any atom is 0.391 e. The Morgan fingerprint density at radius 1 is 0.357 bits per heavy atom. The smallest absolute Gasteiger partial charge is 0.391 e. The third kappa shape index (κ3) is 9.93. The molecule has 0 fully saturated rings. The maximum absolute atomic E-state index is 15.3. The molecule has 0 saturated heterocycles. The van der Waals surface area contributed by atoms with Crippen LogP contribution >= 0.6 is 0 Å². The molecule has 14 nitrogen and oxygen atoms in total. The van der Waals surface area contributed by atoms with Crippen molar-refractivity contribution in [2.75, 3.05) is 0 Å². The van der Waals surface area contributed by atoms with Crippen molar-refractivity contribution in [2.45, 2.75) is 92.7 Å². The van der Waals surface area contributed by atoms with Gasteiger partial charge in [0, 0.05) is 43.1 Å². The number of carboxylic acid groups (broad SMARTS) is 2. The highest BCUT2D eigenvalue weighted by Crippen LogP contribution is 2.58. The van der Waals surface area contributed by atoms with Gasteiger partial charge in [0.05, 0.1) is 35.1 Å². The fourth-order valence-electron chi connectivity index (χ4n) is 11.9. The van der Waals surface area contributed by atoms with E-state index < -0.39 is 95.1 Å². The first kappa shape index (κ1) is 56.2. The van der Waals surface area contributed by atoms with Crippen LogP contribution in [0.25, 0.3) is 43.1 Å². The van der Waals surface area contributed by atoms with E-state index in [1.165, 1.54) is 0 Å². The molecule has 2 aliphatic heterocycles. The van der Waals surface area contributed by atoms with Crippen molar-refractivity contribution in [3.63, 3.8) is 0 Å². The molecule has 20 heteroatoms. The van der Waals surface area contributed by atoms with E-state index in [0.717, 1.165) is 24.3 Å². The molecule has 2 heterocycles. The van der Waals surface area contributed by atoms with Crippen molar-refractivity contribution >= 4 is 78.7 Å². The number of aryl methyl sites for hydroxylation is 8. The number of carboxylic acids is 2. The number of hydrogen-bond donors (Lipinski definition) is 2. The molecule has 0 aliphatic carbocycles. The van der Waals surface area contributed by atoms with Crippen LogP contribution in [0, 0.1) is 55.4 Å². The van der Waals surface area contributed by atoms with E-state index in [4.69, 9.17) is 18.9 Å². The first-order chi connectivity index (χ1) is 39.4. The number of benzene rings is 9. The Bertz CT molecular complexity index is 3820. The predicted molar refractivity (Wildman–Crippen MR) is 297 cm³/mol. The average molecular weight is 1150 g/mol. The molecule has 9 aromatic rings. The van der Waals surface area contributed by atoms with E-state index in [0.29, 0.717) is 44.5 Å². The SMILES string of the molecule is Cc1cc(C)cc(Oc2cc3c4c(cc(Oc5cc(C)cc(C)c5)c5c6c(Oc7cc(C)cc(C)c7)cc7c8c(cc(Oc9cc(C)cc(C)c9)c(c2c45)c86)C(=O)N(C(CC(F)(F)F)C(=O)O)C7=O)C(=O)N(C(CC(F)(F)F)C(=O)O)C3=O)c1. The van der Waals surface area contributed by atoms with Crippen molar-refractivity contribution in [2.24, 2.45) is 0 Å². The van der Waals surface area contributed by atoms with Gasteiger partial charge in [-0.05, 0) is 173 Å². The minimum atomic E-state index is -5.21. The van der Waals surface area contributed by atoms with E-state index in [1.807, 2.05) is 24.3 Å². The summed E-state index contributed by atoms with van der Waals surface area (Å²) in [5.74, 6) is -10.7. The van der Waals surface area contributed by atoms with Crippen LogP contribution in [0.4, 0.5) is 26.3 Å². The first-order valence-corrected chi connectivity index (χ1v) is 26.2. The van der Waals surface area contributed by atoms with Gasteiger partial charge in [0.25, 0.3) is 23.6 Å². The molecule has 0 aromatic heterocycles. The number of fused-ring (bicyclic) bond motifs is 2. The Morgan fingerprint density at radius 3 is 0.738 bits per heavy atom. The van der Waals surface area contributed by atoms with Crippen LogP contribution < -0.4 is 18.9 Å². The van der Waals surface area contributed by atoms with Gasteiger partial charge in [0.15, 0.2) is 0 Å². The van der Waals surface area contributed by atoms with E-state index in [-0.39, 0.29) is 98.9 Å². The third-order valence-corrected chi connectivity index (χ3v) is 14.7. The van der Waals surface area contributed by atoms with Gasteiger partial charge in [-0.25, -0.2) is 9.59 Å². The lowest BCUT2D eigenvalue weighted by atomic mass is 9.80. The molecule has 2 atom stereocenters. The molecule has 9 aromatic carbocycles. The summed E-state index contributed by atoms with van der Waals surface area (Å²) in [6.07, 6.45) is -14.7. The van der Waals surface area contributed by atoms with E-state index >= 15 is 19.2 Å². The quantitative estimate of drug-likeness (QED) is 0.0455. The number of imide groups is 2. The van der Waals surface area contributed by atoms with Gasteiger partial charge in [-0.2, -0.15) is 26.3 Å². The number of aliphatic carboxylic acids is 2. The highest BCUT2D eigenvalue weighted by molar-refractivity contribution is 6.45. The zero-order chi connectivity index (χ0) is 60.5. The van der Waals surface area contributed by atoms with E-state index in [1.54, 1.807) is 104 Å². The first-order valence-electron chi connectivity index (χ1n) is 26.2. The second-order valence-electron chi connectivity index (χ2n) is 21.7. The number of halogens is 6. The summed E-state index contributed by atoms with van der Waals surface area (Å²) in [5.41, 5.74) is 3.46. The molecular weight excluding hydrogens is 1100 g/mol. The number of nitrogens with zero attached hydrogens (tertiary/aromatic N) is 2. The van der Waals surface area contributed by atoms with Gasteiger partial charge in [-0.15, -0.1) is 0 Å². The Balaban J connectivity index is 1.41. The molecule has 84 heavy (non-hydrogen) atoms. The van der Waals surface area contributed by atoms with E-state index in [2.05, 4.69) is 0 Å². The minimum absolute atomic E-state index is 0.0355. The zero-order valence-electron chi connectivity index (χ0n) is 45.9. The number of rotatable bonds is 14. The second-order valence-corrected chi connectivity index (χ2v) is 21.7. The highest BCUT2D eigenvalue weighted by Gasteiger charge is 2.50. The number of alkyl halides is 6. The number of amides is 4. The Hall–Kier alpha value is -9.72. The van der Waals surface area contributed by atoms with Crippen LogP contribution in [0.15, 0.2) is 97.1 Å². The van der Waals surface area contributed by atoms with Gasteiger partial charge in [0.2, 0.25) is 0 Å². The molecular formula is C64H48F6N2O12. The fourth-order valence-corrected chi connectivity index (χ4v) is 11.9. The lowest BCUT2D eigenvalue weighted by Crippen LogP contribution is -2.52. The van der Waals surface area contributed by atoms with Crippen molar-refractivity contribution in [3.8, 4) is 46.0 Å². The molecule has 0 saturated carbocycles. The third-order valence-electron chi connectivity index (χ3n) is 14.7. The molecule has 0 bridgehead atoms. The molecule has 2 unspecified atom stereocenters. The van der Waals surface area contributed by atoms with Crippen molar-refractivity contribution < 1.29 is 84.3 Å². The summed E-state index contributed by atoms with van der Waals surface area (Å²) >= 11 is 0. The largest absolute Gasteiger partial charge is 0.480 e. The lowest BCUT2D eigenvalue weighted by Gasteiger charge is -2.35. The van der Waals surface area contributed by atoms with Crippen molar-refractivity contribution in [3.05, 3.63) is 164 Å². The molecule has 11 rings (SSSR count). The zero-order valence-corrected chi connectivity index (χ0v) is 45.9. The van der Waals surface area contributed by atoms with Crippen LogP contribution in [0.1, 0.15) is 98.8 Å². The normalized spacial score (nSPS) is 14.3. The monoisotopic (exact) mass is 1150 g/mol. The number of carbonyl (C=O) groups excluding carboxylic acids is 4. The summed E-state index contributed by atoms with van der Waals surface area (Å²) in [6.45, 7) is 14.1. The fraction of sp³-hybridized carbons (Fsp3) is 0.219. The number of carbonyl (C=O) groups is 6. The lowest BCUT2D eigenvalue weighted by molar-refractivity contribution is -0.162. The molecule has 0 radical (unpaired) electrons. The van der Waals surface area contributed by atoms with Crippen LogP contribution in [-0.4, -0.2) is 80.0 Å². The standard InChI is InChI=1S/C64H48F6N2O12/c1-27-9-28(2)14-35(13-27)81-45-21-39-49-40(58(74)71(57(39)73)43(61(77)78)25-63(65,66)67)23-47(83-37-17-31(5)11-32(6)18-37)53-54-48(84-38-19-33(7)12-34(8)20-38)24-42-50-41(59(75)72(60(42)76)44(62(79)80)26-64(68,69)70)22-46(52(56(50)54)51(45)55(49)53)82-36-15-29(3)10-30(4)16-36/h9-24,43-44H,25-26H2,1-8H3,(H,77,78)(H,79,80). The number of hydrogen-bond acceptors (Lipinski definition) is 10. The maximum atomic E-state index is 15.3. The van der Waals surface area contributed by atoms with Gasteiger partial charge < -0.3 is 29.2 Å². The molecule has 428 valence electrons.